The molecular formula is C4H15AlCl4Ti. The van der Waals surface area contributed by atoms with Crippen LogP contribution in [0.15, 0.2) is 0 Å². The molecule has 0 aromatic heterocycles. The van der Waals surface area contributed by atoms with Crippen LogP contribution in [0.3, 0.4) is 0 Å². The molecule has 0 aliphatic carbocycles. The van der Waals surface area contributed by atoms with Crippen molar-refractivity contribution in [3.05, 3.63) is 0 Å². The Labute approximate surface area is 110 Å². The zero-order valence-corrected chi connectivity index (χ0v) is 12.5. The summed E-state index contributed by atoms with van der Waals surface area (Å²) < 4.78 is 0. The Kier molecular flexibility index (Phi) is 166. The Bertz CT molecular complexity index is 24.7. The number of hydrogen-bond acceptors (Lipinski definition) is 0. The summed E-state index contributed by atoms with van der Waals surface area (Å²) in [4.78, 5) is 0. The first kappa shape index (κ1) is 39.3. The van der Waals surface area contributed by atoms with Gasteiger partial charge in [0, 0.05) is 21.7 Å². The number of hydrogen-bond donors (Lipinski definition) is 0. The van der Waals surface area contributed by atoms with Crippen molar-refractivity contribution >= 4 is 64.8 Å². The first-order chi connectivity index (χ1) is 2.41. The van der Waals surface area contributed by atoms with Crippen LogP contribution in [0.1, 0.15) is 13.8 Å². The largest absolute Gasteiger partial charge is 0.236 e. The molecule has 0 saturated heterocycles. The maximum atomic E-state index is 2.27. The second-order valence-electron chi connectivity index (χ2n) is 1.35. The van der Waals surface area contributed by atoms with E-state index < -0.39 is 0 Å². The molecule has 0 heterocycles. The molecule has 0 spiro atoms. The number of halogens is 4. The SMILES string of the molecule is C[CH2][AlH][CH2]C.Cl.Cl.Cl.Cl.[Ti]. The Morgan fingerprint density at radius 3 is 1.00 bits per heavy atom. The molecule has 0 aromatic carbocycles. The number of rotatable bonds is 2. The van der Waals surface area contributed by atoms with Crippen LogP contribution in [0, 0.1) is 0 Å². The first-order valence-corrected chi connectivity index (χ1v) is 4.41. The summed E-state index contributed by atoms with van der Waals surface area (Å²) in [6.07, 6.45) is 0. The van der Waals surface area contributed by atoms with Gasteiger partial charge in [-0.3, -0.25) is 0 Å². The van der Waals surface area contributed by atoms with Crippen molar-refractivity contribution in [3.63, 3.8) is 0 Å². The fraction of sp³-hybridized carbons (Fsp3) is 1.00. The van der Waals surface area contributed by atoms with E-state index in [4.69, 9.17) is 0 Å². The summed E-state index contributed by atoms with van der Waals surface area (Å²) in [5, 5.41) is 2.97. The van der Waals surface area contributed by atoms with Gasteiger partial charge in [0.2, 0.25) is 15.2 Å². The van der Waals surface area contributed by atoms with Gasteiger partial charge in [-0.2, -0.15) is 0 Å². The average molecular weight is 280 g/mol. The van der Waals surface area contributed by atoms with Crippen LogP contribution in [0.5, 0.6) is 0 Å². The molecule has 0 unspecified atom stereocenters. The molecule has 0 aliphatic heterocycles. The molecule has 0 aliphatic rings. The minimum Gasteiger partial charge on any atom is -0.147 e. The molecule has 0 aromatic rings. The summed E-state index contributed by atoms with van der Waals surface area (Å²) in [5.41, 5.74) is 0. The molecule has 0 amide bonds. The Hall–Kier alpha value is 2.41. The molecule has 0 atom stereocenters. The summed E-state index contributed by atoms with van der Waals surface area (Å²) in [7, 11) is 0. The molecule has 0 nitrogen and oxygen atoms in total. The van der Waals surface area contributed by atoms with Crippen molar-refractivity contribution in [3.8, 4) is 0 Å². The summed E-state index contributed by atoms with van der Waals surface area (Å²) in [5.74, 6) is 0. The normalized spacial score (nSPS) is 3.80. The first-order valence-electron chi connectivity index (χ1n) is 2.41. The Balaban J connectivity index is -0.00000000800. The molecule has 10 heavy (non-hydrogen) atoms. The van der Waals surface area contributed by atoms with Crippen LogP contribution in [-0.4, -0.2) is 15.2 Å². The van der Waals surface area contributed by atoms with Crippen LogP contribution in [0.4, 0.5) is 0 Å². The average Bonchev–Trinajstić information content (AvgIpc) is 1.41. The summed E-state index contributed by atoms with van der Waals surface area (Å²) in [6.45, 7) is 4.55. The van der Waals surface area contributed by atoms with Crippen molar-refractivity contribution in [2.24, 2.45) is 0 Å². The van der Waals surface area contributed by atoms with E-state index in [1.54, 1.807) is 0 Å². The second-order valence-corrected chi connectivity index (χ2v) is 4.06. The molecule has 0 bridgehead atoms. The van der Waals surface area contributed by atoms with E-state index in [1.165, 1.54) is 10.6 Å². The van der Waals surface area contributed by atoms with Crippen LogP contribution >= 0.6 is 49.6 Å². The molecule has 0 fully saturated rings. The standard InChI is InChI=1S/2C2H5.Al.4ClH.Ti.H/c2*1-2;;;;;;;/h2*1H2,2H3;;4*1H;;. The van der Waals surface area contributed by atoms with Gasteiger partial charge in [0.05, 0.1) is 0 Å². The molecule has 0 radical (unpaired) electrons. The van der Waals surface area contributed by atoms with Crippen molar-refractivity contribution in [1.29, 1.82) is 0 Å². The predicted molar refractivity (Wildman–Crippen MR) is 57.1 cm³/mol. The topological polar surface area (TPSA) is 0 Å². The third-order valence-corrected chi connectivity index (χ3v) is 2.12. The monoisotopic (exact) mass is 278 g/mol. The zero-order chi connectivity index (χ0) is 4.12. The maximum Gasteiger partial charge on any atom is 0.236 e. The third-order valence-electron chi connectivity index (χ3n) is 0.707. The molecule has 6 heteroatoms. The molecule has 0 N–H and O–H groups in total. The van der Waals surface area contributed by atoms with Gasteiger partial charge in [0.15, 0.2) is 0 Å². The van der Waals surface area contributed by atoms with Crippen LogP contribution in [0.2, 0.25) is 10.6 Å². The fourth-order valence-corrected chi connectivity index (χ4v) is 1.06. The predicted octanol–water partition coefficient (Wildman–Crippen LogP) is 2.98. The second kappa shape index (κ2) is 42.3. The summed E-state index contributed by atoms with van der Waals surface area (Å²) in [6, 6.07) is 0. The van der Waals surface area contributed by atoms with E-state index >= 15 is 0 Å². The van der Waals surface area contributed by atoms with Gasteiger partial charge in [-0.15, -0.1) is 60.2 Å². The van der Waals surface area contributed by atoms with Gasteiger partial charge >= 0.3 is 0 Å². The van der Waals surface area contributed by atoms with E-state index in [-0.39, 0.29) is 71.3 Å². The van der Waals surface area contributed by atoms with Crippen molar-refractivity contribution in [2.45, 2.75) is 24.4 Å². The minimum atomic E-state index is 0. The van der Waals surface area contributed by atoms with E-state index in [1.807, 2.05) is 0 Å². The Morgan fingerprint density at radius 1 is 0.800 bits per heavy atom. The van der Waals surface area contributed by atoms with E-state index in [0.717, 1.165) is 0 Å². The third kappa shape index (κ3) is 47.4. The van der Waals surface area contributed by atoms with Gasteiger partial charge < -0.3 is 0 Å². The maximum absolute atomic E-state index is 2.27. The van der Waals surface area contributed by atoms with Gasteiger partial charge in [0.25, 0.3) is 0 Å². The van der Waals surface area contributed by atoms with E-state index in [9.17, 15) is 0 Å². The van der Waals surface area contributed by atoms with Crippen LogP contribution in [0.25, 0.3) is 0 Å². The van der Waals surface area contributed by atoms with E-state index in [2.05, 4.69) is 13.8 Å². The Morgan fingerprint density at radius 2 is 1.00 bits per heavy atom. The molecule has 0 rings (SSSR count). The molecule has 66 valence electrons. The van der Waals surface area contributed by atoms with Gasteiger partial charge in [-0.25, -0.2) is 0 Å². The van der Waals surface area contributed by atoms with E-state index in [0.29, 0.717) is 15.2 Å². The van der Waals surface area contributed by atoms with Gasteiger partial charge in [0.1, 0.15) is 0 Å². The van der Waals surface area contributed by atoms with Crippen LogP contribution < -0.4 is 0 Å². The van der Waals surface area contributed by atoms with Crippen molar-refractivity contribution in [1.82, 2.24) is 0 Å². The van der Waals surface area contributed by atoms with Crippen molar-refractivity contribution in [2.75, 3.05) is 0 Å². The molecule has 0 saturated carbocycles. The smallest absolute Gasteiger partial charge is 0.147 e. The van der Waals surface area contributed by atoms with Crippen LogP contribution in [-0.2, 0) is 21.7 Å². The van der Waals surface area contributed by atoms with Crippen molar-refractivity contribution < 1.29 is 21.7 Å². The quantitative estimate of drug-likeness (QED) is 0.682. The van der Waals surface area contributed by atoms with Gasteiger partial charge in [-0.1, -0.05) is 13.8 Å². The van der Waals surface area contributed by atoms with Gasteiger partial charge in [-0.05, 0) is 0 Å². The fourth-order valence-electron chi connectivity index (χ4n) is 0.354. The zero-order valence-electron chi connectivity index (χ0n) is 6.25. The minimum absolute atomic E-state index is 0. The molecular weight excluding hydrogens is 265 g/mol. The summed E-state index contributed by atoms with van der Waals surface area (Å²) >= 11 is 0.432.